The van der Waals surface area contributed by atoms with Crippen molar-refractivity contribution in [3.8, 4) is 0 Å². The second-order valence-electron chi connectivity index (χ2n) is 5.70. The summed E-state index contributed by atoms with van der Waals surface area (Å²) in [5.74, 6) is -0.446. The van der Waals surface area contributed by atoms with Crippen molar-refractivity contribution in [2.75, 3.05) is 12.3 Å². The summed E-state index contributed by atoms with van der Waals surface area (Å²) >= 11 is 1.41. The molecule has 0 bridgehead atoms. The van der Waals surface area contributed by atoms with Crippen molar-refractivity contribution in [3.63, 3.8) is 0 Å². The van der Waals surface area contributed by atoms with E-state index in [1.807, 2.05) is 11.6 Å². The van der Waals surface area contributed by atoms with Crippen LogP contribution < -0.4 is 5.32 Å². The van der Waals surface area contributed by atoms with E-state index in [-0.39, 0.29) is 0 Å². The van der Waals surface area contributed by atoms with Crippen molar-refractivity contribution in [3.05, 3.63) is 0 Å². The topological polar surface area (TPSA) is 92.9 Å². The molecule has 21 heavy (non-hydrogen) atoms. The van der Waals surface area contributed by atoms with Gasteiger partial charge in [-0.2, -0.15) is 0 Å². The molecule has 1 aliphatic carbocycles. The smallest absolute Gasteiger partial charge is 0.324 e. The maximum Gasteiger partial charge on any atom is 0.324 e. The normalized spacial score (nSPS) is 18.8. The summed E-state index contributed by atoms with van der Waals surface area (Å²) in [6.07, 6.45) is 5.51. The summed E-state index contributed by atoms with van der Waals surface area (Å²) in [4.78, 5) is 11.5. The van der Waals surface area contributed by atoms with Crippen LogP contribution in [0.25, 0.3) is 0 Å². The number of nitrogens with one attached hydrogen (secondary N) is 1. The monoisotopic (exact) mass is 313 g/mol. The lowest BCUT2D eigenvalue weighted by Crippen LogP contribution is -2.52. The molecule has 1 heterocycles. The molecule has 2 N–H and O–H groups in total. The van der Waals surface area contributed by atoms with Crippen LogP contribution in [0.3, 0.4) is 0 Å². The Hall–Kier alpha value is -1.15. The number of tetrazole rings is 1. The molecular weight excluding hydrogens is 290 g/mol. The first-order chi connectivity index (χ1) is 10.1. The highest BCUT2D eigenvalue weighted by Crippen LogP contribution is 2.32. The molecule has 1 saturated carbocycles. The Kier molecular flexibility index (Phi) is 5.58. The average Bonchev–Trinajstić information content (AvgIpc) is 3.12. The van der Waals surface area contributed by atoms with E-state index in [4.69, 9.17) is 0 Å². The Morgan fingerprint density at radius 1 is 1.52 bits per heavy atom. The highest BCUT2D eigenvalue weighted by molar-refractivity contribution is 7.99. The zero-order valence-corrected chi connectivity index (χ0v) is 13.4. The fourth-order valence-corrected chi connectivity index (χ4v) is 3.51. The third-order valence-corrected chi connectivity index (χ3v) is 5.11. The maximum absolute atomic E-state index is 11.5. The Morgan fingerprint density at radius 3 is 2.86 bits per heavy atom. The number of carbonyl (C=O) groups is 1. The van der Waals surface area contributed by atoms with Crippen molar-refractivity contribution >= 4 is 17.7 Å². The molecule has 1 aliphatic rings. The van der Waals surface area contributed by atoms with E-state index in [1.54, 1.807) is 6.92 Å². The number of aliphatic carboxylic acids is 1. The van der Waals surface area contributed by atoms with Gasteiger partial charge >= 0.3 is 5.97 Å². The minimum Gasteiger partial charge on any atom is -0.480 e. The summed E-state index contributed by atoms with van der Waals surface area (Å²) < 4.78 is 1.86. The van der Waals surface area contributed by atoms with Gasteiger partial charge in [0, 0.05) is 5.75 Å². The lowest BCUT2D eigenvalue weighted by Gasteiger charge is -2.25. The molecule has 2 rings (SSSR count). The molecule has 7 nitrogen and oxygen atoms in total. The Bertz CT molecular complexity index is 475. The third kappa shape index (κ3) is 3.94. The molecule has 0 amide bonds. The van der Waals surface area contributed by atoms with Crippen LogP contribution in [0.1, 0.15) is 52.0 Å². The first kappa shape index (κ1) is 16.2. The Balaban J connectivity index is 2.00. The highest BCUT2D eigenvalue weighted by Gasteiger charge is 2.33. The van der Waals surface area contributed by atoms with Gasteiger partial charge in [-0.3, -0.25) is 4.79 Å². The van der Waals surface area contributed by atoms with Gasteiger partial charge in [-0.25, -0.2) is 4.68 Å². The van der Waals surface area contributed by atoms with E-state index in [0.29, 0.717) is 23.5 Å². The van der Waals surface area contributed by atoms with Gasteiger partial charge in [0.15, 0.2) is 0 Å². The van der Waals surface area contributed by atoms with Crippen LogP contribution in [0.2, 0.25) is 0 Å². The fourth-order valence-electron chi connectivity index (χ4n) is 2.46. The van der Waals surface area contributed by atoms with E-state index in [9.17, 15) is 9.90 Å². The molecule has 0 aliphatic heterocycles. The molecular formula is C13H23N5O2S. The number of hydrogen-bond acceptors (Lipinski definition) is 6. The predicted octanol–water partition coefficient (Wildman–Crippen LogP) is 1.72. The van der Waals surface area contributed by atoms with Gasteiger partial charge in [0.25, 0.3) is 0 Å². The quantitative estimate of drug-likeness (QED) is 0.706. The van der Waals surface area contributed by atoms with Crippen molar-refractivity contribution in [2.45, 2.75) is 62.7 Å². The maximum atomic E-state index is 11.5. The van der Waals surface area contributed by atoms with Crippen LogP contribution in [0.4, 0.5) is 0 Å². The lowest BCUT2D eigenvalue weighted by molar-refractivity contribution is -0.143. The standard InChI is InChI=1S/C13H23N5O2S/c1-3-8-14-13(2,11(19)20)9-21-12-15-16-17-18(12)10-6-4-5-7-10/h10,14H,3-9H2,1-2H3,(H,19,20). The number of carboxylic acids is 1. The van der Waals surface area contributed by atoms with Gasteiger partial charge in [0.1, 0.15) is 5.54 Å². The minimum absolute atomic E-state index is 0.363. The van der Waals surface area contributed by atoms with Crippen molar-refractivity contribution < 1.29 is 9.90 Å². The SMILES string of the molecule is CCCNC(C)(CSc1nnnn1C1CCCC1)C(=O)O. The number of thioether (sulfide) groups is 1. The van der Waals surface area contributed by atoms with Crippen molar-refractivity contribution in [1.82, 2.24) is 25.5 Å². The second-order valence-corrected chi connectivity index (χ2v) is 6.64. The summed E-state index contributed by atoms with van der Waals surface area (Å²) in [5, 5.41) is 25.1. The second kappa shape index (κ2) is 7.22. The first-order valence-electron chi connectivity index (χ1n) is 7.46. The van der Waals surface area contributed by atoms with Crippen LogP contribution in [0.5, 0.6) is 0 Å². The van der Waals surface area contributed by atoms with E-state index in [2.05, 4.69) is 20.8 Å². The molecule has 0 spiro atoms. The van der Waals surface area contributed by atoms with E-state index < -0.39 is 11.5 Å². The number of hydrogen-bond donors (Lipinski definition) is 2. The fraction of sp³-hybridized carbons (Fsp3) is 0.846. The number of carboxylic acid groups (broad SMARTS) is 1. The molecule has 1 atom stereocenters. The van der Waals surface area contributed by atoms with Gasteiger partial charge in [-0.15, -0.1) is 5.10 Å². The number of nitrogens with zero attached hydrogens (tertiary/aromatic N) is 4. The summed E-state index contributed by atoms with van der Waals surface area (Å²) in [6, 6.07) is 0.363. The van der Waals surface area contributed by atoms with Crippen LogP contribution in [0.15, 0.2) is 5.16 Å². The molecule has 0 radical (unpaired) electrons. The van der Waals surface area contributed by atoms with Crippen molar-refractivity contribution in [1.29, 1.82) is 0 Å². The first-order valence-corrected chi connectivity index (χ1v) is 8.44. The molecule has 1 fully saturated rings. The minimum atomic E-state index is -0.965. The van der Waals surface area contributed by atoms with Gasteiger partial charge < -0.3 is 10.4 Å². The molecule has 8 heteroatoms. The highest BCUT2D eigenvalue weighted by atomic mass is 32.2. The Labute approximate surface area is 128 Å². The van der Waals surface area contributed by atoms with Crippen LogP contribution in [-0.4, -0.2) is 49.1 Å². The predicted molar refractivity (Wildman–Crippen MR) is 80.4 cm³/mol. The molecule has 1 unspecified atom stereocenters. The molecule has 0 aromatic carbocycles. The Morgan fingerprint density at radius 2 is 2.24 bits per heavy atom. The van der Waals surface area contributed by atoms with Gasteiger partial charge in [-0.1, -0.05) is 31.5 Å². The zero-order chi connectivity index (χ0) is 15.3. The average molecular weight is 313 g/mol. The number of rotatable bonds is 8. The van der Waals surface area contributed by atoms with E-state index in [1.165, 1.54) is 24.6 Å². The number of aromatic nitrogens is 4. The summed E-state index contributed by atoms with van der Waals surface area (Å²) in [7, 11) is 0. The zero-order valence-electron chi connectivity index (χ0n) is 12.6. The van der Waals surface area contributed by atoms with Gasteiger partial charge in [0.05, 0.1) is 6.04 Å². The van der Waals surface area contributed by atoms with Crippen LogP contribution in [0, 0.1) is 0 Å². The molecule has 1 aromatic rings. The third-order valence-electron chi connectivity index (χ3n) is 3.86. The molecule has 0 saturated heterocycles. The van der Waals surface area contributed by atoms with Gasteiger partial charge in [0.2, 0.25) is 5.16 Å². The summed E-state index contributed by atoms with van der Waals surface area (Å²) in [6.45, 7) is 4.40. The van der Waals surface area contributed by atoms with E-state index in [0.717, 1.165) is 19.3 Å². The molecule has 1 aromatic heterocycles. The summed E-state index contributed by atoms with van der Waals surface area (Å²) in [5.41, 5.74) is -0.965. The van der Waals surface area contributed by atoms with E-state index >= 15 is 0 Å². The van der Waals surface area contributed by atoms with Crippen molar-refractivity contribution in [2.24, 2.45) is 0 Å². The van der Waals surface area contributed by atoms with Crippen LogP contribution >= 0.6 is 11.8 Å². The van der Waals surface area contributed by atoms with Gasteiger partial charge in [-0.05, 0) is 43.2 Å². The lowest BCUT2D eigenvalue weighted by atomic mass is 10.1. The van der Waals surface area contributed by atoms with Crippen LogP contribution in [-0.2, 0) is 4.79 Å². The largest absolute Gasteiger partial charge is 0.480 e. The molecule has 118 valence electrons.